The molecule has 116 valence electrons. The second kappa shape index (κ2) is 6.47. The molecule has 0 atom stereocenters. The van der Waals surface area contributed by atoms with Crippen LogP contribution < -0.4 is 14.8 Å². The van der Waals surface area contributed by atoms with Gasteiger partial charge in [0.15, 0.2) is 17.8 Å². The molecule has 6 nitrogen and oxygen atoms in total. The zero-order valence-electron chi connectivity index (χ0n) is 13.2. The van der Waals surface area contributed by atoms with E-state index in [0.29, 0.717) is 29.0 Å². The third-order valence-corrected chi connectivity index (χ3v) is 2.68. The maximum Gasteiger partial charge on any atom is 0.412 e. The van der Waals surface area contributed by atoms with Crippen molar-refractivity contribution in [1.29, 1.82) is 0 Å². The molecule has 1 N–H and O–H groups in total. The minimum atomic E-state index is -0.609. The normalized spacial score (nSPS) is 10.8. The lowest BCUT2D eigenvalue weighted by Crippen LogP contribution is -2.27. The summed E-state index contributed by atoms with van der Waals surface area (Å²) in [6, 6.07) is 1.52. The standard InChI is InChI=1S/C15H21NO5/c1-9-11(16-14(18)21-15(2,3)4)7-10(8-17)13(20-6)12(9)19-5/h7-8H,1-6H3,(H,16,18). The second-order valence-corrected chi connectivity index (χ2v) is 5.45. The van der Waals surface area contributed by atoms with Crippen molar-refractivity contribution in [3.63, 3.8) is 0 Å². The van der Waals surface area contributed by atoms with Gasteiger partial charge >= 0.3 is 6.09 Å². The number of nitrogens with one attached hydrogen (secondary N) is 1. The molecule has 0 aromatic heterocycles. The topological polar surface area (TPSA) is 73.9 Å². The van der Waals surface area contributed by atoms with Gasteiger partial charge in [0.05, 0.1) is 25.5 Å². The van der Waals surface area contributed by atoms with E-state index in [4.69, 9.17) is 14.2 Å². The highest BCUT2D eigenvalue weighted by Crippen LogP contribution is 2.38. The molecule has 0 spiro atoms. The van der Waals surface area contributed by atoms with E-state index in [1.165, 1.54) is 20.3 Å². The number of ether oxygens (including phenoxy) is 3. The van der Waals surface area contributed by atoms with E-state index >= 15 is 0 Å². The van der Waals surface area contributed by atoms with Gasteiger partial charge in [-0.2, -0.15) is 0 Å². The van der Waals surface area contributed by atoms with Crippen molar-refractivity contribution in [3.05, 3.63) is 17.2 Å². The number of amides is 1. The van der Waals surface area contributed by atoms with Crippen LogP contribution in [-0.4, -0.2) is 32.2 Å². The van der Waals surface area contributed by atoms with Gasteiger partial charge in [0.1, 0.15) is 5.60 Å². The Balaban J connectivity index is 3.19. The molecular weight excluding hydrogens is 274 g/mol. The molecule has 0 bridgehead atoms. The molecule has 1 amide bonds. The maximum atomic E-state index is 11.8. The van der Waals surface area contributed by atoms with Gasteiger partial charge < -0.3 is 14.2 Å². The minimum Gasteiger partial charge on any atom is -0.492 e. The summed E-state index contributed by atoms with van der Waals surface area (Å²) in [4.78, 5) is 23.0. The molecule has 0 unspecified atom stereocenters. The molecule has 1 aromatic carbocycles. The predicted octanol–water partition coefficient (Wildman–Crippen LogP) is 3.17. The summed E-state index contributed by atoms with van der Waals surface area (Å²) in [7, 11) is 2.92. The SMILES string of the molecule is COc1c(C=O)cc(NC(=O)OC(C)(C)C)c(C)c1OC. The highest BCUT2D eigenvalue weighted by atomic mass is 16.6. The highest BCUT2D eigenvalue weighted by molar-refractivity contribution is 5.91. The van der Waals surface area contributed by atoms with E-state index in [1.807, 2.05) is 0 Å². The summed E-state index contributed by atoms with van der Waals surface area (Å²) in [6.07, 6.45) is 0.0378. The molecule has 6 heteroatoms. The minimum absolute atomic E-state index is 0.283. The molecule has 0 fully saturated rings. The van der Waals surface area contributed by atoms with Crippen LogP contribution in [0.15, 0.2) is 6.07 Å². The molecule has 0 aliphatic heterocycles. The van der Waals surface area contributed by atoms with Crippen molar-refractivity contribution in [3.8, 4) is 11.5 Å². The Kier molecular flexibility index (Phi) is 5.18. The number of aldehydes is 1. The van der Waals surface area contributed by atoms with Crippen molar-refractivity contribution in [2.75, 3.05) is 19.5 Å². The Morgan fingerprint density at radius 2 is 1.76 bits per heavy atom. The average Bonchev–Trinajstić information content (AvgIpc) is 2.38. The predicted molar refractivity (Wildman–Crippen MR) is 79.5 cm³/mol. The summed E-state index contributed by atoms with van der Waals surface area (Å²) >= 11 is 0. The van der Waals surface area contributed by atoms with E-state index in [1.54, 1.807) is 27.7 Å². The van der Waals surface area contributed by atoms with E-state index in [0.717, 1.165) is 0 Å². The van der Waals surface area contributed by atoms with Gasteiger partial charge in [-0.15, -0.1) is 0 Å². The number of anilines is 1. The lowest BCUT2D eigenvalue weighted by atomic mass is 10.1. The summed E-state index contributed by atoms with van der Waals surface area (Å²) in [5.74, 6) is 0.730. The average molecular weight is 295 g/mol. The van der Waals surface area contributed by atoms with Crippen LogP contribution in [0.3, 0.4) is 0 Å². The van der Waals surface area contributed by atoms with Crippen LogP contribution in [-0.2, 0) is 4.74 Å². The fourth-order valence-corrected chi connectivity index (χ4v) is 1.84. The van der Waals surface area contributed by atoms with Crippen LogP contribution in [0, 0.1) is 6.92 Å². The first-order chi connectivity index (χ1) is 9.73. The van der Waals surface area contributed by atoms with Crippen LogP contribution >= 0.6 is 0 Å². The van der Waals surface area contributed by atoms with Gasteiger partial charge in [-0.1, -0.05) is 0 Å². The maximum absolute atomic E-state index is 11.8. The first-order valence-corrected chi connectivity index (χ1v) is 6.44. The zero-order valence-corrected chi connectivity index (χ0v) is 13.2. The third kappa shape index (κ3) is 4.11. The molecule has 0 saturated carbocycles. The van der Waals surface area contributed by atoms with E-state index in [9.17, 15) is 9.59 Å². The Morgan fingerprint density at radius 1 is 1.19 bits per heavy atom. The second-order valence-electron chi connectivity index (χ2n) is 5.45. The molecule has 0 heterocycles. The monoisotopic (exact) mass is 295 g/mol. The van der Waals surface area contributed by atoms with Crippen molar-refractivity contribution in [1.82, 2.24) is 0 Å². The van der Waals surface area contributed by atoms with E-state index in [2.05, 4.69) is 5.32 Å². The Hall–Kier alpha value is -2.24. The summed E-state index contributed by atoms with van der Waals surface area (Å²) in [5, 5.41) is 2.61. The Bertz CT molecular complexity index is 546. The van der Waals surface area contributed by atoms with Gasteiger partial charge in [0.25, 0.3) is 0 Å². The summed E-state index contributed by atoms with van der Waals surface area (Å²) in [6.45, 7) is 7.06. The molecule has 1 aromatic rings. The smallest absolute Gasteiger partial charge is 0.412 e. The summed E-state index contributed by atoms with van der Waals surface area (Å²) < 4.78 is 15.6. The lowest BCUT2D eigenvalue weighted by Gasteiger charge is -2.21. The number of hydrogen-bond acceptors (Lipinski definition) is 5. The molecule has 21 heavy (non-hydrogen) atoms. The molecule has 0 saturated heterocycles. The van der Waals surface area contributed by atoms with Crippen LogP contribution in [0.5, 0.6) is 11.5 Å². The van der Waals surface area contributed by atoms with Gasteiger partial charge in [-0.3, -0.25) is 10.1 Å². The highest BCUT2D eigenvalue weighted by Gasteiger charge is 2.21. The van der Waals surface area contributed by atoms with Gasteiger partial charge in [-0.05, 0) is 33.8 Å². The van der Waals surface area contributed by atoms with Gasteiger partial charge in [0, 0.05) is 5.56 Å². The van der Waals surface area contributed by atoms with E-state index < -0.39 is 11.7 Å². The van der Waals surface area contributed by atoms with E-state index in [-0.39, 0.29) is 5.56 Å². The van der Waals surface area contributed by atoms with Gasteiger partial charge in [-0.25, -0.2) is 4.79 Å². The number of carbonyl (C=O) groups excluding carboxylic acids is 2. The zero-order chi connectivity index (χ0) is 16.2. The molecule has 0 radical (unpaired) electrons. The van der Waals surface area contributed by atoms with Crippen molar-refractivity contribution < 1.29 is 23.8 Å². The fraction of sp³-hybridized carbons (Fsp3) is 0.467. The number of carbonyl (C=O) groups is 2. The molecule has 1 rings (SSSR count). The molecule has 0 aliphatic rings. The van der Waals surface area contributed by atoms with Crippen molar-refractivity contribution in [2.45, 2.75) is 33.3 Å². The van der Waals surface area contributed by atoms with Crippen molar-refractivity contribution >= 4 is 18.1 Å². The van der Waals surface area contributed by atoms with Crippen LogP contribution in [0.4, 0.5) is 10.5 Å². The van der Waals surface area contributed by atoms with Crippen LogP contribution in [0.1, 0.15) is 36.7 Å². The molecule has 0 aliphatic carbocycles. The number of rotatable bonds is 4. The first-order valence-electron chi connectivity index (χ1n) is 6.44. The fourth-order valence-electron chi connectivity index (χ4n) is 1.84. The first kappa shape index (κ1) is 16.8. The molecular formula is C15H21NO5. The Morgan fingerprint density at radius 3 is 2.19 bits per heavy atom. The lowest BCUT2D eigenvalue weighted by molar-refractivity contribution is 0.0635. The third-order valence-electron chi connectivity index (χ3n) is 2.68. The van der Waals surface area contributed by atoms with Crippen LogP contribution in [0.2, 0.25) is 0 Å². The number of benzene rings is 1. The van der Waals surface area contributed by atoms with Crippen molar-refractivity contribution in [2.24, 2.45) is 0 Å². The van der Waals surface area contributed by atoms with Gasteiger partial charge in [0.2, 0.25) is 0 Å². The number of methoxy groups -OCH3 is 2. The summed E-state index contributed by atoms with van der Waals surface area (Å²) in [5.41, 5.74) is 0.753. The Labute approximate surface area is 124 Å². The van der Waals surface area contributed by atoms with Crippen LogP contribution in [0.25, 0.3) is 0 Å². The number of hydrogen-bond donors (Lipinski definition) is 1. The quantitative estimate of drug-likeness (QED) is 0.864. The largest absolute Gasteiger partial charge is 0.492 e.